The monoisotopic (exact) mass is 324 g/mol. The summed E-state index contributed by atoms with van der Waals surface area (Å²) in [7, 11) is -3.51. The van der Waals surface area contributed by atoms with Gasteiger partial charge in [0.25, 0.3) is 0 Å². The first-order valence-corrected chi connectivity index (χ1v) is 8.75. The molecule has 0 aromatic heterocycles. The number of hydrogen-bond acceptors (Lipinski definition) is 3. The molecule has 0 unspecified atom stereocenters. The summed E-state index contributed by atoms with van der Waals surface area (Å²) in [5.74, 6) is 0. The second-order valence-corrected chi connectivity index (χ2v) is 7.65. The van der Waals surface area contributed by atoms with Crippen LogP contribution >= 0.6 is 11.6 Å². The Kier molecular flexibility index (Phi) is 3.92. The van der Waals surface area contributed by atoms with Crippen molar-refractivity contribution in [3.63, 3.8) is 0 Å². The fourth-order valence-corrected chi connectivity index (χ4v) is 4.61. The smallest absolute Gasteiger partial charge is 0.243 e. The third-order valence-corrected chi connectivity index (χ3v) is 6.23. The van der Waals surface area contributed by atoms with Crippen molar-refractivity contribution < 1.29 is 8.42 Å². The molecule has 0 spiro atoms. The minimum atomic E-state index is -3.51. The maximum absolute atomic E-state index is 12.9. The normalized spacial score (nSPS) is 18.2. The molecular formula is C15H17ClN2O2S. The quantitative estimate of drug-likeness (QED) is 0.923. The molecule has 0 bridgehead atoms. The first-order valence-electron chi connectivity index (χ1n) is 6.93. The van der Waals surface area contributed by atoms with Crippen molar-refractivity contribution in [2.24, 2.45) is 5.73 Å². The molecule has 21 heavy (non-hydrogen) atoms. The zero-order valence-electron chi connectivity index (χ0n) is 11.5. The molecular weight excluding hydrogens is 308 g/mol. The SMILES string of the molecule is NC1CCN(S(=O)(=O)c2ccc(Cl)c3ccccc23)CC1. The lowest BCUT2D eigenvalue weighted by molar-refractivity contribution is 0.320. The van der Waals surface area contributed by atoms with Gasteiger partial charge >= 0.3 is 0 Å². The van der Waals surface area contributed by atoms with Crippen LogP contribution in [-0.4, -0.2) is 31.9 Å². The highest BCUT2D eigenvalue weighted by molar-refractivity contribution is 7.89. The van der Waals surface area contributed by atoms with E-state index in [1.807, 2.05) is 18.2 Å². The fourth-order valence-electron chi connectivity index (χ4n) is 2.71. The molecule has 6 heteroatoms. The highest BCUT2D eigenvalue weighted by Crippen LogP contribution is 2.31. The third kappa shape index (κ3) is 2.66. The Labute approximate surface area is 129 Å². The predicted octanol–water partition coefficient (Wildman–Crippen LogP) is 2.61. The standard InChI is InChI=1S/C15H17ClN2O2S/c16-14-5-6-15(13-4-2-1-3-12(13)14)21(19,20)18-9-7-11(17)8-10-18/h1-6,11H,7-10,17H2. The molecule has 112 valence electrons. The van der Waals surface area contributed by atoms with Crippen LogP contribution in [0.25, 0.3) is 10.8 Å². The van der Waals surface area contributed by atoms with Crippen molar-refractivity contribution in [3.8, 4) is 0 Å². The molecule has 4 nitrogen and oxygen atoms in total. The first-order chi connectivity index (χ1) is 10.00. The van der Waals surface area contributed by atoms with Crippen LogP contribution in [0, 0.1) is 0 Å². The number of nitrogens with zero attached hydrogens (tertiary/aromatic N) is 1. The summed E-state index contributed by atoms with van der Waals surface area (Å²) in [5, 5.41) is 1.99. The van der Waals surface area contributed by atoms with E-state index in [1.165, 1.54) is 4.31 Å². The van der Waals surface area contributed by atoms with Crippen LogP contribution in [0.4, 0.5) is 0 Å². The molecule has 0 amide bonds. The van der Waals surface area contributed by atoms with Gasteiger partial charge in [0.1, 0.15) is 0 Å². The summed E-state index contributed by atoms with van der Waals surface area (Å²) in [5.41, 5.74) is 5.85. The Morgan fingerprint density at radius 3 is 2.33 bits per heavy atom. The number of piperidine rings is 1. The number of nitrogens with two attached hydrogens (primary N) is 1. The van der Waals surface area contributed by atoms with Crippen LogP contribution in [0.1, 0.15) is 12.8 Å². The average Bonchev–Trinajstić information content (AvgIpc) is 2.48. The molecule has 1 fully saturated rings. The lowest BCUT2D eigenvalue weighted by Crippen LogP contribution is -2.42. The number of rotatable bonds is 2. The molecule has 2 aromatic carbocycles. The van der Waals surface area contributed by atoms with Crippen molar-refractivity contribution in [2.45, 2.75) is 23.8 Å². The van der Waals surface area contributed by atoms with Crippen molar-refractivity contribution in [2.75, 3.05) is 13.1 Å². The Bertz CT molecular complexity index is 768. The molecule has 0 aliphatic carbocycles. The van der Waals surface area contributed by atoms with Gasteiger partial charge in [-0.25, -0.2) is 8.42 Å². The number of sulfonamides is 1. The minimum Gasteiger partial charge on any atom is -0.328 e. The highest BCUT2D eigenvalue weighted by Gasteiger charge is 2.29. The lowest BCUT2D eigenvalue weighted by atomic mass is 10.1. The van der Waals surface area contributed by atoms with Crippen LogP contribution < -0.4 is 5.73 Å². The first kappa shape index (κ1) is 14.8. The topological polar surface area (TPSA) is 63.4 Å². The number of fused-ring (bicyclic) bond motifs is 1. The Morgan fingerprint density at radius 1 is 1.05 bits per heavy atom. The van der Waals surface area contributed by atoms with E-state index in [-0.39, 0.29) is 6.04 Å². The predicted molar refractivity (Wildman–Crippen MR) is 84.9 cm³/mol. The van der Waals surface area contributed by atoms with Gasteiger partial charge in [-0.15, -0.1) is 0 Å². The van der Waals surface area contributed by atoms with E-state index in [9.17, 15) is 8.42 Å². The van der Waals surface area contributed by atoms with Crippen LogP contribution in [0.5, 0.6) is 0 Å². The van der Waals surface area contributed by atoms with Gasteiger partial charge in [-0.1, -0.05) is 35.9 Å². The average molecular weight is 325 g/mol. The Balaban J connectivity index is 2.09. The van der Waals surface area contributed by atoms with Gasteiger partial charge in [-0.2, -0.15) is 4.31 Å². The van der Waals surface area contributed by atoms with Gasteiger partial charge in [0.05, 0.1) is 4.90 Å². The van der Waals surface area contributed by atoms with Gasteiger partial charge in [0.15, 0.2) is 0 Å². The molecule has 0 atom stereocenters. The Morgan fingerprint density at radius 2 is 1.67 bits per heavy atom. The maximum atomic E-state index is 12.9. The lowest BCUT2D eigenvalue weighted by Gasteiger charge is -2.29. The summed E-state index contributed by atoms with van der Waals surface area (Å²) in [6.45, 7) is 0.945. The van der Waals surface area contributed by atoms with Crippen molar-refractivity contribution in [1.29, 1.82) is 0 Å². The van der Waals surface area contributed by atoms with E-state index in [1.54, 1.807) is 18.2 Å². The fraction of sp³-hybridized carbons (Fsp3) is 0.333. The zero-order chi connectivity index (χ0) is 15.0. The van der Waals surface area contributed by atoms with E-state index in [0.717, 1.165) is 5.39 Å². The molecule has 1 aliphatic rings. The largest absolute Gasteiger partial charge is 0.328 e. The second kappa shape index (κ2) is 5.57. The summed E-state index contributed by atoms with van der Waals surface area (Å²) in [6, 6.07) is 10.6. The number of hydrogen-bond donors (Lipinski definition) is 1. The second-order valence-electron chi connectivity index (χ2n) is 5.33. The summed E-state index contributed by atoms with van der Waals surface area (Å²) in [4.78, 5) is 0.318. The highest BCUT2D eigenvalue weighted by atomic mass is 35.5. The molecule has 1 saturated heterocycles. The van der Waals surface area contributed by atoms with Crippen molar-refractivity contribution in [1.82, 2.24) is 4.31 Å². The molecule has 1 heterocycles. The van der Waals surface area contributed by atoms with Gasteiger partial charge in [-0.3, -0.25) is 0 Å². The summed E-state index contributed by atoms with van der Waals surface area (Å²) >= 11 is 6.16. The van der Waals surface area contributed by atoms with E-state index in [4.69, 9.17) is 17.3 Å². The minimum absolute atomic E-state index is 0.0958. The third-order valence-electron chi connectivity index (χ3n) is 3.95. The van der Waals surface area contributed by atoms with Crippen LogP contribution in [0.3, 0.4) is 0 Å². The van der Waals surface area contributed by atoms with Crippen molar-refractivity contribution in [3.05, 3.63) is 41.4 Å². The molecule has 1 aliphatic heterocycles. The summed E-state index contributed by atoms with van der Waals surface area (Å²) in [6.07, 6.45) is 1.40. The molecule has 2 N–H and O–H groups in total. The van der Waals surface area contributed by atoms with E-state index < -0.39 is 10.0 Å². The van der Waals surface area contributed by atoms with Gasteiger partial charge in [0, 0.05) is 34.9 Å². The van der Waals surface area contributed by atoms with Crippen molar-refractivity contribution >= 4 is 32.4 Å². The number of halogens is 1. The Hall–Kier alpha value is -1.14. The van der Waals surface area contributed by atoms with Crippen LogP contribution in [-0.2, 0) is 10.0 Å². The van der Waals surface area contributed by atoms with Gasteiger partial charge in [0.2, 0.25) is 10.0 Å². The molecule has 2 aromatic rings. The van der Waals surface area contributed by atoms with Gasteiger partial charge in [-0.05, 0) is 25.0 Å². The summed E-state index contributed by atoms with van der Waals surface area (Å²) < 4.78 is 27.2. The number of benzene rings is 2. The molecule has 0 radical (unpaired) electrons. The van der Waals surface area contributed by atoms with Gasteiger partial charge < -0.3 is 5.73 Å². The van der Waals surface area contributed by atoms with E-state index in [2.05, 4.69) is 0 Å². The van der Waals surface area contributed by atoms with Crippen LogP contribution in [0.15, 0.2) is 41.3 Å². The zero-order valence-corrected chi connectivity index (χ0v) is 13.1. The molecule has 0 saturated carbocycles. The maximum Gasteiger partial charge on any atom is 0.243 e. The van der Waals surface area contributed by atoms with Crippen LogP contribution in [0.2, 0.25) is 5.02 Å². The van der Waals surface area contributed by atoms with E-state index in [0.29, 0.717) is 41.2 Å². The molecule has 3 rings (SSSR count). The van der Waals surface area contributed by atoms with E-state index >= 15 is 0 Å².